The maximum absolute atomic E-state index is 13.9. The molecule has 0 N–H and O–H groups in total. The van der Waals surface area contributed by atoms with Crippen LogP contribution < -0.4 is 16.1 Å². The molecule has 3 heterocycles. The Bertz CT molecular complexity index is 1540. The van der Waals surface area contributed by atoms with Gasteiger partial charge in [-0.05, 0) is 28.8 Å². The molecule has 1 aliphatic heterocycles. The quantitative estimate of drug-likeness (QED) is 0.441. The van der Waals surface area contributed by atoms with E-state index in [9.17, 15) is 14.9 Å². The summed E-state index contributed by atoms with van der Waals surface area (Å²) in [6, 6.07) is 17.0. The van der Waals surface area contributed by atoms with Gasteiger partial charge in [-0.3, -0.25) is 18.6 Å². The van der Waals surface area contributed by atoms with Crippen LogP contribution in [0.15, 0.2) is 64.4 Å². The molecule has 2 aromatic heterocycles. The van der Waals surface area contributed by atoms with E-state index in [0.717, 1.165) is 15.7 Å². The summed E-state index contributed by atoms with van der Waals surface area (Å²) in [7, 11) is 1.71. The fourth-order valence-corrected chi connectivity index (χ4v) is 4.54. The third-order valence-electron chi connectivity index (χ3n) is 5.83. The highest BCUT2D eigenvalue weighted by Gasteiger charge is 2.29. The van der Waals surface area contributed by atoms with E-state index >= 15 is 0 Å². The zero-order valence-corrected chi connectivity index (χ0v) is 19.1. The molecule has 0 atom stereocenters. The van der Waals surface area contributed by atoms with E-state index in [4.69, 9.17) is 11.6 Å². The first kappa shape index (κ1) is 21.7. The van der Waals surface area contributed by atoms with Crippen molar-refractivity contribution in [2.45, 2.75) is 26.2 Å². The maximum Gasteiger partial charge on any atom is 0.333 e. The monoisotopic (exact) mass is 473 g/mol. The molecule has 5 rings (SSSR count). The molecule has 10 heteroatoms. The van der Waals surface area contributed by atoms with Gasteiger partial charge in [-0.2, -0.15) is 10.4 Å². The van der Waals surface area contributed by atoms with Crippen molar-refractivity contribution < 1.29 is 0 Å². The van der Waals surface area contributed by atoms with Crippen molar-refractivity contribution in [1.29, 1.82) is 5.26 Å². The van der Waals surface area contributed by atoms with Gasteiger partial charge in [-0.1, -0.05) is 48.0 Å². The molecule has 0 amide bonds. The van der Waals surface area contributed by atoms with Gasteiger partial charge in [-0.25, -0.2) is 9.78 Å². The van der Waals surface area contributed by atoms with Gasteiger partial charge in [-0.15, -0.1) is 0 Å². The van der Waals surface area contributed by atoms with Crippen LogP contribution >= 0.6 is 11.6 Å². The van der Waals surface area contributed by atoms with Gasteiger partial charge in [0.05, 0.1) is 18.2 Å². The molecule has 0 saturated heterocycles. The van der Waals surface area contributed by atoms with E-state index in [1.165, 1.54) is 15.6 Å². The van der Waals surface area contributed by atoms with Gasteiger partial charge in [0.25, 0.3) is 5.56 Å². The first-order valence-corrected chi connectivity index (χ1v) is 11.0. The number of anilines is 1. The van der Waals surface area contributed by atoms with Gasteiger partial charge < -0.3 is 4.90 Å². The molecule has 0 radical (unpaired) electrons. The SMILES string of the molecule is Cn1cnc(Cn2c(=O)c(-c3cccc(Cl)c3)c(N3Cc4ccccc4C3)n(CC#N)c2=O)n1. The molecule has 4 aromatic rings. The molecule has 0 saturated carbocycles. The Labute approximate surface area is 199 Å². The number of halogens is 1. The minimum atomic E-state index is -0.587. The van der Waals surface area contributed by atoms with Crippen LogP contribution in [0.25, 0.3) is 11.1 Å². The standard InChI is InChI=1S/C24H20ClN7O2/c1-29-15-27-20(28-29)14-32-23(33)21(16-7-4-8-19(25)11-16)22(31(10-9-26)24(32)34)30-12-17-5-2-3-6-18(17)13-30/h2-8,11,15H,10,12-14H2,1H3. The molecular formula is C24H20ClN7O2. The molecule has 0 fully saturated rings. The van der Waals surface area contributed by atoms with Crippen LogP contribution in [0.5, 0.6) is 0 Å². The van der Waals surface area contributed by atoms with E-state index in [2.05, 4.69) is 16.2 Å². The van der Waals surface area contributed by atoms with Crippen molar-refractivity contribution in [3.05, 3.63) is 97.7 Å². The fraction of sp³-hybridized carbons (Fsp3) is 0.208. The Balaban J connectivity index is 1.78. The topological polar surface area (TPSA) is 102 Å². The molecule has 9 nitrogen and oxygen atoms in total. The second-order valence-corrected chi connectivity index (χ2v) is 8.52. The van der Waals surface area contributed by atoms with Gasteiger partial charge >= 0.3 is 5.69 Å². The normalized spacial score (nSPS) is 12.6. The average Bonchev–Trinajstić information content (AvgIpc) is 3.44. The largest absolute Gasteiger partial charge is 0.349 e. The number of hydrogen-bond acceptors (Lipinski definition) is 6. The van der Waals surface area contributed by atoms with Gasteiger partial charge in [0.15, 0.2) is 5.82 Å². The van der Waals surface area contributed by atoms with Gasteiger partial charge in [0, 0.05) is 25.2 Å². The molecule has 0 spiro atoms. The van der Waals surface area contributed by atoms with Crippen molar-refractivity contribution in [2.75, 3.05) is 4.90 Å². The maximum atomic E-state index is 13.9. The van der Waals surface area contributed by atoms with Gasteiger partial charge in [0.1, 0.15) is 18.7 Å². The first-order chi connectivity index (χ1) is 16.5. The molecule has 34 heavy (non-hydrogen) atoms. The van der Waals surface area contributed by atoms with Crippen molar-refractivity contribution in [2.24, 2.45) is 7.05 Å². The van der Waals surface area contributed by atoms with Crippen molar-refractivity contribution in [1.82, 2.24) is 23.9 Å². The second kappa shape index (κ2) is 8.65. The summed E-state index contributed by atoms with van der Waals surface area (Å²) in [5, 5.41) is 14.2. The minimum Gasteiger partial charge on any atom is -0.349 e. The van der Waals surface area contributed by atoms with Crippen LogP contribution in [0.4, 0.5) is 5.82 Å². The summed E-state index contributed by atoms with van der Waals surface area (Å²) in [5.74, 6) is 0.726. The lowest BCUT2D eigenvalue weighted by Gasteiger charge is -2.25. The summed E-state index contributed by atoms with van der Waals surface area (Å²) in [5.41, 5.74) is 2.02. The summed E-state index contributed by atoms with van der Waals surface area (Å²) in [6.45, 7) is 0.697. The highest BCUT2D eigenvalue weighted by atomic mass is 35.5. The van der Waals surface area contributed by atoms with E-state index < -0.39 is 11.2 Å². The highest BCUT2D eigenvalue weighted by Crippen LogP contribution is 2.34. The van der Waals surface area contributed by atoms with Crippen LogP contribution in [-0.2, 0) is 33.2 Å². The third-order valence-corrected chi connectivity index (χ3v) is 6.06. The number of fused-ring (bicyclic) bond motifs is 1. The van der Waals surface area contributed by atoms with Crippen LogP contribution in [0, 0.1) is 11.3 Å². The summed E-state index contributed by atoms with van der Waals surface area (Å²) >= 11 is 6.27. The van der Waals surface area contributed by atoms with Crippen LogP contribution in [0.1, 0.15) is 17.0 Å². The summed E-state index contributed by atoms with van der Waals surface area (Å²) in [6.07, 6.45) is 1.50. The summed E-state index contributed by atoms with van der Waals surface area (Å²) in [4.78, 5) is 33.5. The zero-order chi connectivity index (χ0) is 23.8. The molecule has 2 aromatic carbocycles. The number of aryl methyl sites for hydroxylation is 1. The number of hydrogen-bond donors (Lipinski definition) is 0. The van der Waals surface area contributed by atoms with E-state index in [-0.39, 0.29) is 13.1 Å². The minimum absolute atomic E-state index is 0.113. The Morgan fingerprint density at radius 2 is 1.79 bits per heavy atom. The smallest absolute Gasteiger partial charge is 0.333 e. The predicted octanol–water partition coefficient (Wildman–Crippen LogP) is 2.55. The fourth-order valence-electron chi connectivity index (χ4n) is 4.35. The van der Waals surface area contributed by atoms with Gasteiger partial charge in [0.2, 0.25) is 0 Å². The number of rotatable bonds is 5. The third kappa shape index (κ3) is 3.78. The Morgan fingerprint density at radius 3 is 2.41 bits per heavy atom. The second-order valence-electron chi connectivity index (χ2n) is 8.09. The zero-order valence-electron chi connectivity index (χ0n) is 18.3. The van der Waals surface area contributed by atoms with Crippen LogP contribution in [-0.4, -0.2) is 23.9 Å². The number of benzene rings is 2. The van der Waals surface area contributed by atoms with Crippen LogP contribution in [0.3, 0.4) is 0 Å². The lowest BCUT2D eigenvalue weighted by atomic mass is 10.1. The molecule has 0 bridgehead atoms. The lowest BCUT2D eigenvalue weighted by Crippen LogP contribution is -2.44. The average molecular weight is 474 g/mol. The number of nitrogens with zero attached hydrogens (tertiary/aromatic N) is 7. The summed E-state index contributed by atoms with van der Waals surface area (Å²) < 4.78 is 3.93. The van der Waals surface area contributed by atoms with Crippen LogP contribution in [0.2, 0.25) is 5.02 Å². The molecule has 0 aliphatic carbocycles. The molecule has 0 unspecified atom stereocenters. The Hall–Kier alpha value is -4.16. The first-order valence-electron chi connectivity index (χ1n) is 10.6. The van der Waals surface area contributed by atoms with E-state index in [0.29, 0.717) is 40.9 Å². The van der Waals surface area contributed by atoms with Crippen molar-refractivity contribution in [3.8, 4) is 17.2 Å². The van der Waals surface area contributed by atoms with Crippen molar-refractivity contribution in [3.63, 3.8) is 0 Å². The lowest BCUT2D eigenvalue weighted by molar-refractivity contribution is 0.594. The molecule has 1 aliphatic rings. The van der Waals surface area contributed by atoms with E-state index in [1.807, 2.05) is 29.2 Å². The van der Waals surface area contributed by atoms with E-state index in [1.54, 1.807) is 31.3 Å². The van der Waals surface area contributed by atoms with Crippen molar-refractivity contribution >= 4 is 17.4 Å². The molecule has 170 valence electrons. The Morgan fingerprint density at radius 1 is 1.06 bits per heavy atom. The predicted molar refractivity (Wildman–Crippen MR) is 127 cm³/mol. The highest BCUT2D eigenvalue weighted by molar-refractivity contribution is 6.30. The number of aromatic nitrogens is 5. The Kier molecular flexibility index (Phi) is 5.51. The number of nitriles is 1. The molecular weight excluding hydrogens is 454 g/mol.